The Labute approximate surface area is 124 Å². The summed E-state index contributed by atoms with van der Waals surface area (Å²) in [4.78, 5) is 12.1. The van der Waals surface area contributed by atoms with Crippen LogP contribution in [0.3, 0.4) is 0 Å². The molecule has 1 amide bonds. The molecule has 3 unspecified atom stereocenters. The Morgan fingerprint density at radius 3 is 2.40 bits per heavy atom. The van der Waals surface area contributed by atoms with Crippen molar-refractivity contribution in [2.24, 2.45) is 16.7 Å². The normalized spacial score (nSPS) is 34.7. The van der Waals surface area contributed by atoms with Gasteiger partial charge in [-0.15, -0.1) is 0 Å². The van der Waals surface area contributed by atoms with E-state index in [-0.39, 0.29) is 5.91 Å². The fourth-order valence-corrected chi connectivity index (χ4v) is 4.78. The number of hydrogen-bond acceptors (Lipinski definition) is 2. The summed E-state index contributed by atoms with van der Waals surface area (Å²) in [5.41, 5.74) is 0.714. The van der Waals surface area contributed by atoms with Gasteiger partial charge in [-0.2, -0.15) is 0 Å². The number of carbonyl (C=O) groups excluding carboxylic acids is 1. The van der Waals surface area contributed by atoms with Crippen LogP contribution in [0.1, 0.15) is 66.7 Å². The summed E-state index contributed by atoms with van der Waals surface area (Å²) in [6, 6.07) is 0.800. The van der Waals surface area contributed by atoms with Gasteiger partial charge in [0.25, 0.3) is 0 Å². The highest BCUT2D eigenvalue weighted by Crippen LogP contribution is 2.62. The maximum absolute atomic E-state index is 12.1. The minimum absolute atomic E-state index is 0.154. The largest absolute Gasteiger partial charge is 0.352 e. The van der Waals surface area contributed by atoms with Crippen molar-refractivity contribution in [2.75, 3.05) is 6.54 Å². The molecule has 116 valence electrons. The fourth-order valence-electron chi connectivity index (χ4n) is 4.78. The number of hydrogen-bond donors (Lipinski definition) is 2. The molecule has 0 radical (unpaired) electrons. The third kappa shape index (κ3) is 2.74. The van der Waals surface area contributed by atoms with Gasteiger partial charge in [0.05, 0.1) is 6.54 Å². The molecule has 0 aromatic carbocycles. The topological polar surface area (TPSA) is 41.1 Å². The molecule has 3 atom stereocenters. The van der Waals surface area contributed by atoms with Crippen LogP contribution in [0.25, 0.3) is 0 Å². The minimum Gasteiger partial charge on any atom is -0.352 e. The zero-order chi connectivity index (χ0) is 15.0. The summed E-state index contributed by atoms with van der Waals surface area (Å²) >= 11 is 0. The van der Waals surface area contributed by atoms with E-state index < -0.39 is 0 Å². The second-order valence-corrected chi connectivity index (χ2v) is 7.81. The second-order valence-electron chi connectivity index (χ2n) is 7.81. The van der Waals surface area contributed by atoms with Gasteiger partial charge in [0.2, 0.25) is 5.91 Å². The number of fused-ring (bicyclic) bond motifs is 2. The smallest absolute Gasteiger partial charge is 0.234 e. The second kappa shape index (κ2) is 5.67. The van der Waals surface area contributed by atoms with E-state index >= 15 is 0 Å². The van der Waals surface area contributed by atoms with Crippen molar-refractivity contribution in [1.82, 2.24) is 10.6 Å². The minimum atomic E-state index is 0.154. The van der Waals surface area contributed by atoms with E-state index in [1.807, 2.05) is 0 Å². The standard InChI is InChI=1S/C17H32N2O/c1-6-13(7-2)19-14(20)11-18-15-16(3,4)12-8-9-17(15,5)10-12/h12-13,15,18H,6-11H2,1-5H3,(H,19,20). The van der Waals surface area contributed by atoms with Crippen LogP contribution < -0.4 is 10.6 Å². The average molecular weight is 280 g/mol. The van der Waals surface area contributed by atoms with Crippen LogP contribution in [0.5, 0.6) is 0 Å². The molecule has 2 saturated carbocycles. The van der Waals surface area contributed by atoms with E-state index in [9.17, 15) is 4.79 Å². The van der Waals surface area contributed by atoms with Gasteiger partial charge in [0.1, 0.15) is 0 Å². The molecule has 3 heteroatoms. The maximum Gasteiger partial charge on any atom is 0.234 e. The van der Waals surface area contributed by atoms with Gasteiger partial charge in [-0.1, -0.05) is 34.6 Å². The number of nitrogens with one attached hydrogen (secondary N) is 2. The molecule has 0 heterocycles. The highest BCUT2D eigenvalue weighted by Gasteiger charge is 2.58. The van der Waals surface area contributed by atoms with Crippen molar-refractivity contribution in [3.05, 3.63) is 0 Å². The third-order valence-electron chi connectivity index (χ3n) is 6.09. The first kappa shape index (κ1) is 15.8. The highest BCUT2D eigenvalue weighted by atomic mass is 16.2. The van der Waals surface area contributed by atoms with Gasteiger partial charge in [0, 0.05) is 12.1 Å². The molecule has 20 heavy (non-hydrogen) atoms. The first-order chi connectivity index (χ1) is 9.33. The summed E-state index contributed by atoms with van der Waals surface area (Å²) in [5.74, 6) is 0.980. The Morgan fingerprint density at radius 2 is 1.90 bits per heavy atom. The SMILES string of the molecule is CCC(CC)NC(=O)CNC1C2(C)CCC(C2)C1(C)C. The van der Waals surface area contributed by atoms with E-state index in [0.29, 0.717) is 29.5 Å². The third-order valence-corrected chi connectivity index (χ3v) is 6.09. The highest BCUT2D eigenvalue weighted by molar-refractivity contribution is 5.78. The van der Waals surface area contributed by atoms with Gasteiger partial charge < -0.3 is 10.6 Å². The Balaban J connectivity index is 1.89. The summed E-state index contributed by atoms with van der Waals surface area (Å²) in [6.45, 7) is 11.9. The lowest BCUT2D eigenvalue weighted by molar-refractivity contribution is -0.121. The summed E-state index contributed by atoms with van der Waals surface area (Å²) in [5, 5.41) is 6.71. The van der Waals surface area contributed by atoms with Crippen LogP contribution in [0.2, 0.25) is 0 Å². The fraction of sp³-hybridized carbons (Fsp3) is 0.941. The lowest BCUT2D eigenvalue weighted by atomic mass is 9.68. The predicted octanol–water partition coefficient (Wildman–Crippen LogP) is 3.10. The van der Waals surface area contributed by atoms with Crippen LogP contribution in [0, 0.1) is 16.7 Å². The molecule has 0 aromatic rings. The molecular weight excluding hydrogens is 248 g/mol. The maximum atomic E-state index is 12.1. The zero-order valence-corrected chi connectivity index (χ0v) is 13.9. The Kier molecular flexibility index (Phi) is 4.48. The van der Waals surface area contributed by atoms with Crippen LogP contribution in [-0.2, 0) is 4.79 Å². The number of amides is 1. The van der Waals surface area contributed by atoms with Gasteiger partial charge in [-0.05, 0) is 48.9 Å². The summed E-state index contributed by atoms with van der Waals surface area (Å²) < 4.78 is 0. The van der Waals surface area contributed by atoms with Crippen molar-refractivity contribution in [3.63, 3.8) is 0 Å². The molecule has 0 spiro atoms. The molecule has 2 rings (SSSR count). The van der Waals surface area contributed by atoms with Crippen LogP contribution in [0.4, 0.5) is 0 Å². The lowest BCUT2D eigenvalue weighted by Crippen LogP contribution is -2.53. The Hall–Kier alpha value is -0.570. The molecule has 2 fully saturated rings. The van der Waals surface area contributed by atoms with Crippen molar-refractivity contribution in [1.29, 1.82) is 0 Å². The molecule has 2 aliphatic carbocycles. The van der Waals surface area contributed by atoms with E-state index in [4.69, 9.17) is 0 Å². The van der Waals surface area contributed by atoms with Gasteiger partial charge >= 0.3 is 0 Å². The molecule has 2 aliphatic rings. The first-order valence-corrected chi connectivity index (χ1v) is 8.36. The van der Waals surface area contributed by atoms with Crippen molar-refractivity contribution < 1.29 is 4.79 Å². The van der Waals surface area contributed by atoms with E-state index in [2.05, 4.69) is 45.3 Å². The number of carbonyl (C=O) groups is 1. The predicted molar refractivity (Wildman–Crippen MR) is 83.5 cm³/mol. The monoisotopic (exact) mass is 280 g/mol. The average Bonchev–Trinajstić information content (AvgIpc) is 2.86. The summed E-state index contributed by atoms with van der Waals surface area (Å²) in [6.07, 6.45) is 6.02. The van der Waals surface area contributed by atoms with Crippen molar-refractivity contribution >= 4 is 5.91 Å². The molecule has 2 N–H and O–H groups in total. The zero-order valence-electron chi connectivity index (χ0n) is 13.9. The van der Waals surface area contributed by atoms with Crippen LogP contribution >= 0.6 is 0 Å². The molecular formula is C17H32N2O. The lowest BCUT2D eigenvalue weighted by Gasteiger charge is -2.43. The van der Waals surface area contributed by atoms with E-state index in [1.165, 1.54) is 19.3 Å². The molecule has 0 saturated heterocycles. The molecule has 0 aliphatic heterocycles. The number of rotatable bonds is 6. The van der Waals surface area contributed by atoms with Crippen molar-refractivity contribution in [3.8, 4) is 0 Å². The van der Waals surface area contributed by atoms with E-state index in [0.717, 1.165) is 18.8 Å². The van der Waals surface area contributed by atoms with Crippen LogP contribution in [0.15, 0.2) is 0 Å². The Morgan fingerprint density at radius 1 is 1.25 bits per heavy atom. The molecule has 3 nitrogen and oxygen atoms in total. The molecule has 0 aromatic heterocycles. The van der Waals surface area contributed by atoms with E-state index in [1.54, 1.807) is 0 Å². The van der Waals surface area contributed by atoms with Gasteiger partial charge in [0.15, 0.2) is 0 Å². The van der Waals surface area contributed by atoms with Crippen molar-refractivity contribution in [2.45, 2.75) is 78.8 Å². The van der Waals surface area contributed by atoms with Gasteiger partial charge in [-0.3, -0.25) is 4.79 Å². The van der Waals surface area contributed by atoms with Crippen LogP contribution in [-0.4, -0.2) is 24.5 Å². The van der Waals surface area contributed by atoms with Gasteiger partial charge in [-0.25, -0.2) is 0 Å². The quantitative estimate of drug-likeness (QED) is 0.785. The summed E-state index contributed by atoms with van der Waals surface area (Å²) in [7, 11) is 0. The Bertz CT molecular complexity index is 357. The molecule has 2 bridgehead atoms. The first-order valence-electron chi connectivity index (χ1n) is 8.36.